The number of carboxylic acid groups (broad SMARTS) is 1. The van der Waals surface area contributed by atoms with Gasteiger partial charge in [-0.25, -0.2) is 4.98 Å². The van der Waals surface area contributed by atoms with E-state index in [0.717, 1.165) is 52.1 Å². The molecule has 10 heteroatoms. The molecule has 1 aliphatic rings. The zero-order valence-electron chi connectivity index (χ0n) is 28.3. The third-order valence-electron chi connectivity index (χ3n) is 8.71. The van der Waals surface area contributed by atoms with Crippen molar-refractivity contribution in [2.45, 2.75) is 75.3 Å². The van der Waals surface area contributed by atoms with Crippen LogP contribution in [0.2, 0.25) is 0 Å². The van der Waals surface area contributed by atoms with Crippen LogP contribution in [0.5, 0.6) is 0 Å². The Balaban J connectivity index is 1.13. The molecule has 0 aliphatic carbocycles. The van der Waals surface area contributed by atoms with Crippen LogP contribution < -0.4 is 5.32 Å². The van der Waals surface area contributed by atoms with Crippen molar-refractivity contribution in [1.82, 2.24) is 4.98 Å². The van der Waals surface area contributed by atoms with Crippen molar-refractivity contribution < 1.29 is 33.7 Å². The van der Waals surface area contributed by atoms with E-state index in [0.29, 0.717) is 42.3 Å². The lowest BCUT2D eigenvalue weighted by atomic mass is 10.0. The highest BCUT2D eigenvalue weighted by atomic mass is 32.2. The Hall–Kier alpha value is -4.74. The number of carbonyl (C=O) groups is 2. The van der Waals surface area contributed by atoms with Gasteiger partial charge in [-0.1, -0.05) is 122 Å². The molecule has 1 amide bonds. The van der Waals surface area contributed by atoms with E-state index in [1.54, 1.807) is 0 Å². The van der Waals surface area contributed by atoms with Crippen molar-refractivity contribution >= 4 is 29.3 Å². The van der Waals surface area contributed by atoms with Crippen LogP contribution in [0.3, 0.4) is 0 Å². The van der Waals surface area contributed by atoms with Gasteiger partial charge in [0.1, 0.15) is 5.69 Å². The Kier molecular flexibility index (Phi) is 12.7. The van der Waals surface area contributed by atoms with E-state index < -0.39 is 12.3 Å². The van der Waals surface area contributed by atoms with Gasteiger partial charge in [0, 0.05) is 47.4 Å². The van der Waals surface area contributed by atoms with Crippen molar-refractivity contribution in [1.29, 1.82) is 0 Å². The predicted octanol–water partition coefficient (Wildman–Crippen LogP) is 9.20. The molecule has 1 fully saturated rings. The fraction of sp³-hybridized carbons (Fsp3) is 0.293. The molecule has 6 rings (SSSR count). The average molecular weight is 707 g/mol. The molecule has 2 heterocycles. The minimum atomic E-state index is -0.789. The molecule has 9 nitrogen and oxygen atoms in total. The number of rotatable bonds is 16. The smallest absolute Gasteiger partial charge is 0.303 e. The average Bonchev–Trinajstić information content (AvgIpc) is 3.61. The highest BCUT2D eigenvalue weighted by Gasteiger charge is 2.33. The normalized spacial score (nSPS) is 17.2. The van der Waals surface area contributed by atoms with Gasteiger partial charge in [-0.3, -0.25) is 9.59 Å². The lowest BCUT2D eigenvalue weighted by Crippen LogP contribution is -2.31. The predicted molar refractivity (Wildman–Crippen MR) is 197 cm³/mol. The van der Waals surface area contributed by atoms with Crippen LogP contribution in [0.4, 0.5) is 5.69 Å². The number of hydrogen-bond donors (Lipinski definition) is 3. The van der Waals surface area contributed by atoms with Crippen LogP contribution in [0.25, 0.3) is 22.6 Å². The van der Waals surface area contributed by atoms with Crippen LogP contribution in [0.15, 0.2) is 119 Å². The molecule has 3 unspecified atom stereocenters. The minimum Gasteiger partial charge on any atom is -0.481 e. The lowest BCUT2D eigenvalue weighted by molar-refractivity contribution is -0.245. The van der Waals surface area contributed by atoms with Crippen LogP contribution in [-0.4, -0.2) is 38.9 Å². The molecule has 1 saturated heterocycles. The van der Waals surface area contributed by atoms with Crippen LogP contribution in [0.1, 0.15) is 74.0 Å². The third-order valence-corrected chi connectivity index (χ3v) is 9.67. The Morgan fingerprint density at radius 1 is 0.765 bits per heavy atom. The Morgan fingerprint density at radius 3 is 2.08 bits per heavy atom. The Bertz CT molecular complexity index is 1790. The Morgan fingerprint density at radius 2 is 1.41 bits per heavy atom. The lowest BCUT2D eigenvalue weighted by Gasteiger charge is -2.36. The number of anilines is 1. The first-order valence-electron chi connectivity index (χ1n) is 17.3. The first-order chi connectivity index (χ1) is 24.9. The zero-order valence-corrected chi connectivity index (χ0v) is 29.1. The summed E-state index contributed by atoms with van der Waals surface area (Å²) < 4.78 is 19.4. The topological polar surface area (TPSA) is 131 Å². The number of amides is 1. The minimum absolute atomic E-state index is 0.0292. The Labute approximate surface area is 302 Å². The highest BCUT2D eigenvalue weighted by Crippen LogP contribution is 2.41. The van der Waals surface area contributed by atoms with Gasteiger partial charge < -0.3 is 29.4 Å². The standard InChI is InChI=1S/C41H42N2O7S/c44-26-28-17-19-29(20-18-28)35-25-34(27-51-41-43-38(30-11-5-3-6-12-30)39(50-41)31-13-7-4-8-14-31)48-40(49-35)32-21-23-33(24-22-32)42-36(45)15-9-1-2-10-16-37(46)47/h3-8,11-14,17-24,34-35,40,44H,1-2,9-10,15-16,25-27H2,(H,42,45)(H,46,47). The van der Waals surface area contributed by atoms with E-state index in [1.165, 1.54) is 11.8 Å². The number of nitrogens with zero attached hydrogens (tertiary/aromatic N) is 1. The molecular formula is C41H42N2O7S. The molecular weight excluding hydrogens is 665 g/mol. The first kappa shape index (κ1) is 36.1. The SMILES string of the molecule is O=C(O)CCCCCCC(=O)Nc1ccc(C2OC(CSc3nc(-c4ccccc4)c(-c4ccccc4)o3)CC(c3ccc(CO)cc3)O2)cc1. The maximum Gasteiger partial charge on any atom is 0.303 e. The fourth-order valence-corrected chi connectivity index (χ4v) is 6.83. The van der Waals surface area contributed by atoms with Crippen molar-refractivity contribution in [3.8, 4) is 22.6 Å². The monoisotopic (exact) mass is 706 g/mol. The number of carbonyl (C=O) groups excluding carboxylic acids is 1. The second-order valence-corrected chi connectivity index (χ2v) is 13.5. The number of ether oxygens (including phenoxy) is 2. The van der Waals surface area contributed by atoms with Crippen molar-refractivity contribution in [2.24, 2.45) is 0 Å². The molecule has 4 aromatic carbocycles. The summed E-state index contributed by atoms with van der Waals surface area (Å²) in [7, 11) is 0. The van der Waals surface area contributed by atoms with Crippen molar-refractivity contribution in [2.75, 3.05) is 11.1 Å². The summed E-state index contributed by atoms with van der Waals surface area (Å²) in [5.74, 6) is 0.438. The number of unbranched alkanes of at least 4 members (excludes halogenated alkanes) is 3. The van der Waals surface area contributed by atoms with Crippen LogP contribution in [-0.2, 0) is 25.7 Å². The molecule has 3 N–H and O–H groups in total. The van der Waals surface area contributed by atoms with Crippen molar-refractivity contribution in [3.63, 3.8) is 0 Å². The van der Waals surface area contributed by atoms with Gasteiger partial charge in [0.2, 0.25) is 5.91 Å². The molecule has 0 radical (unpaired) electrons. The number of hydrogen-bond acceptors (Lipinski definition) is 8. The number of carboxylic acids is 1. The number of aliphatic carboxylic acids is 1. The number of benzene rings is 4. The van der Waals surface area contributed by atoms with Crippen LogP contribution >= 0.6 is 11.8 Å². The van der Waals surface area contributed by atoms with Crippen LogP contribution in [0, 0.1) is 0 Å². The summed E-state index contributed by atoms with van der Waals surface area (Å²) in [4.78, 5) is 28.1. The summed E-state index contributed by atoms with van der Waals surface area (Å²) in [5, 5.41) is 21.8. The molecule has 264 valence electrons. The maximum absolute atomic E-state index is 12.5. The van der Waals surface area contributed by atoms with E-state index in [4.69, 9.17) is 24.0 Å². The first-order valence-corrected chi connectivity index (χ1v) is 18.3. The number of nitrogens with one attached hydrogen (secondary N) is 1. The molecule has 3 atom stereocenters. The third kappa shape index (κ3) is 10.2. The quantitative estimate of drug-likeness (QED) is 0.0679. The van der Waals surface area contributed by atoms with Gasteiger partial charge >= 0.3 is 5.97 Å². The molecule has 5 aromatic rings. The van der Waals surface area contributed by atoms with Gasteiger partial charge in [0.25, 0.3) is 5.22 Å². The number of aliphatic hydroxyl groups excluding tert-OH is 1. The molecule has 0 bridgehead atoms. The molecule has 1 aliphatic heterocycles. The second kappa shape index (κ2) is 18.0. The summed E-state index contributed by atoms with van der Waals surface area (Å²) >= 11 is 1.51. The molecule has 1 aromatic heterocycles. The summed E-state index contributed by atoms with van der Waals surface area (Å²) in [6.45, 7) is -0.0292. The van der Waals surface area contributed by atoms with E-state index in [9.17, 15) is 14.7 Å². The van der Waals surface area contributed by atoms with Gasteiger partial charge in [0.05, 0.1) is 18.8 Å². The largest absolute Gasteiger partial charge is 0.481 e. The fourth-order valence-electron chi connectivity index (χ4n) is 5.99. The number of aliphatic hydroxyl groups is 1. The highest BCUT2D eigenvalue weighted by molar-refractivity contribution is 7.99. The summed E-state index contributed by atoms with van der Waals surface area (Å²) in [6, 6.07) is 35.3. The van der Waals surface area contributed by atoms with Crippen molar-refractivity contribution in [3.05, 3.63) is 126 Å². The van der Waals surface area contributed by atoms with Gasteiger partial charge in [-0.05, 0) is 36.1 Å². The molecule has 51 heavy (non-hydrogen) atoms. The van der Waals surface area contributed by atoms with E-state index in [1.807, 2.05) is 109 Å². The van der Waals surface area contributed by atoms with E-state index >= 15 is 0 Å². The number of thioether (sulfide) groups is 1. The second-order valence-electron chi connectivity index (χ2n) is 12.5. The molecule has 0 spiro atoms. The zero-order chi connectivity index (χ0) is 35.4. The molecule has 0 saturated carbocycles. The van der Waals surface area contributed by atoms with Gasteiger partial charge in [-0.15, -0.1) is 0 Å². The van der Waals surface area contributed by atoms with Gasteiger partial charge in [-0.2, -0.15) is 0 Å². The number of aromatic nitrogens is 1. The number of oxazole rings is 1. The van der Waals surface area contributed by atoms with Gasteiger partial charge in [0.15, 0.2) is 12.1 Å². The summed E-state index contributed by atoms with van der Waals surface area (Å²) in [6.07, 6.45) is 3.01. The van der Waals surface area contributed by atoms with E-state index in [2.05, 4.69) is 5.32 Å². The maximum atomic E-state index is 12.5. The summed E-state index contributed by atoms with van der Waals surface area (Å²) in [5.41, 5.74) is 6.06. The van der Waals surface area contributed by atoms with E-state index in [-0.39, 0.29) is 31.1 Å².